The molecule has 7 heteroatoms. The third-order valence-electron chi connectivity index (χ3n) is 5.21. The average molecular weight is 375 g/mol. The third kappa shape index (κ3) is 3.49. The maximum atomic E-state index is 13.0. The molecule has 4 rings (SSSR count). The van der Waals surface area contributed by atoms with Crippen LogP contribution in [-0.2, 0) is 17.6 Å². The number of aromatic amines is 1. The number of halogens is 1. The van der Waals surface area contributed by atoms with E-state index < -0.39 is 0 Å². The van der Waals surface area contributed by atoms with Crippen molar-refractivity contribution in [2.45, 2.75) is 31.4 Å². The number of hydrogen-bond donors (Lipinski definition) is 2. The van der Waals surface area contributed by atoms with Gasteiger partial charge < -0.3 is 15.0 Å². The molecule has 1 aliphatic heterocycles. The zero-order valence-electron chi connectivity index (χ0n) is 14.8. The van der Waals surface area contributed by atoms with E-state index in [0.717, 1.165) is 49.2 Å². The van der Waals surface area contributed by atoms with Crippen molar-refractivity contribution in [2.75, 3.05) is 26.7 Å². The fourth-order valence-electron chi connectivity index (χ4n) is 3.79. The molecule has 2 N–H and O–H groups in total. The van der Waals surface area contributed by atoms with Crippen molar-refractivity contribution in [1.82, 2.24) is 20.4 Å². The molecule has 26 heavy (non-hydrogen) atoms. The molecule has 0 bridgehead atoms. The van der Waals surface area contributed by atoms with Gasteiger partial charge in [0.05, 0.1) is 18.8 Å². The Balaban J connectivity index is 1.59. The highest BCUT2D eigenvalue weighted by Gasteiger charge is 2.31. The lowest BCUT2D eigenvalue weighted by molar-refractivity contribution is -0.0381. The molecule has 1 aromatic heterocycles. The molecular weight excluding hydrogens is 352 g/mol. The summed E-state index contributed by atoms with van der Waals surface area (Å²) >= 11 is 6.04. The summed E-state index contributed by atoms with van der Waals surface area (Å²) in [5, 5.41) is 11.1. The summed E-state index contributed by atoms with van der Waals surface area (Å²) in [6.45, 7) is 2.30. The zero-order valence-corrected chi connectivity index (χ0v) is 15.6. The Morgan fingerprint density at radius 3 is 2.96 bits per heavy atom. The molecule has 138 valence electrons. The number of hydrogen-bond acceptors (Lipinski definition) is 4. The molecule has 1 amide bonds. The van der Waals surface area contributed by atoms with Gasteiger partial charge in [0.1, 0.15) is 0 Å². The van der Waals surface area contributed by atoms with Crippen LogP contribution in [0.1, 0.15) is 39.8 Å². The number of morpholine rings is 1. The Hall–Kier alpha value is -1.89. The summed E-state index contributed by atoms with van der Waals surface area (Å²) in [5.41, 5.74) is 3.64. The number of rotatable bonds is 4. The second kappa shape index (κ2) is 7.39. The lowest BCUT2D eigenvalue weighted by Gasteiger charge is -2.35. The molecule has 0 saturated carbocycles. The van der Waals surface area contributed by atoms with Crippen molar-refractivity contribution >= 4 is 17.5 Å². The largest absolute Gasteiger partial charge is 0.373 e. The fourth-order valence-corrected chi connectivity index (χ4v) is 3.92. The molecule has 1 aliphatic carbocycles. The number of nitrogens with zero attached hydrogens (tertiary/aromatic N) is 2. The monoisotopic (exact) mass is 374 g/mol. The molecule has 2 aliphatic rings. The van der Waals surface area contributed by atoms with Crippen molar-refractivity contribution in [3.05, 3.63) is 51.8 Å². The molecule has 6 nitrogen and oxygen atoms in total. The Labute approximate surface area is 157 Å². The summed E-state index contributed by atoms with van der Waals surface area (Å²) in [6.07, 6.45) is 2.82. The first-order chi connectivity index (χ1) is 12.6. The molecule has 0 radical (unpaired) electrons. The zero-order chi connectivity index (χ0) is 18.1. The Morgan fingerprint density at radius 1 is 1.38 bits per heavy atom. The van der Waals surface area contributed by atoms with E-state index in [1.807, 2.05) is 24.3 Å². The van der Waals surface area contributed by atoms with E-state index in [4.69, 9.17) is 16.3 Å². The molecule has 2 aromatic rings. The molecule has 1 saturated heterocycles. The van der Waals surface area contributed by atoms with E-state index in [-0.39, 0.29) is 18.1 Å². The highest BCUT2D eigenvalue weighted by molar-refractivity contribution is 6.30. The molecule has 0 spiro atoms. The molecule has 2 unspecified atom stereocenters. The van der Waals surface area contributed by atoms with Crippen LogP contribution in [0.5, 0.6) is 0 Å². The van der Waals surface area contributed by atoms with E-state index in [2.05, 4.69) is 27.5 Å². The number of aromatic nitrogens is 2. The van der Waals surface area contributed by atoms with Gasteiger partial charge in [0.2, 0.25) is 0 Å². The highest BCUT2D eigenvalue weighted by atomic mass is 35.5. The number of carbonyl (C=O) groups excluding carboxylic acids is 1. The van der Waals surface area contributed by atoms with Gasteiger partial charge in [0.15, 0.2) is 5.69 Å². The second-order valence-corrected chi connectivity index (χ2v) is 7.49. The number of ether oxygens (including phenoxy) is 1. The maximum absolute atomic E-state index is 13.0. The number of nitrogens with one attached hydrogen (secondary N) is 2. The van der Waals surface area contributed by atoms with Crippen LogP contribution in [-0.4, -0.2) is 53.9 Å². The Morgan fingerprint density at radius 2 is 2.19 bits per heavy atom. The molecule has 2 atom stereocenters. The summed E-state index contributed by atoms with van der Waals surface area (Å²) in [5.74, 6) is -0.152. The molecule has 1 fully saturated rings. The first-order valence-corrected chi connectivity index (χ1v) is 9.42. The Kier molecular flexibility index (Phi) is 4.98. The van der Waals surface area contributed by atoms with Gasteiger partial charge in [-0.3, -0.25) is 9.89 Å². The molecule has 2 heterocycles. The van der Waals surface area contributed by atoms with Crippen molar-refractivity contribution in [2.24, 2.45) is 0 Å². The van der Waals surface area contributed by atoms with Crippen LogP contribution in [0.4, 0.5) is 0 Å². The predicted molar refractivity (Wildman–Crippen MR) is 99.5 cm³/mol. The SMILES string of the molecule is CN1CCOC(C(NC(=O)c2n[nH]c3c2CCC3)c2ccc(Cl)cc2)C1. The van der Waals surface area contributed by atoms with Crippen LogP contribution < -0.4 is 5.32 Å². The van der Waals surface area contributed by atoms with Crippen LogP contribution in [0.3, 0.4) is 0 Å². The van der Waals surface area contributed by atoms with Gasteiger partial charge in [0.25, 0.3) is 5.91 Å². The van der Waals surface area contributed by atoms with E-state index in [0.29, 0.717) is 17.3 Å². The minimum Gasteiger partial charge on any atom is -0.373 e. The van der Waals surface area contributed by atoms with Crippen molar-refractivity contribution < 1.29 is 9.53 Å². The number of likely N-dealkylation sites (N-methyl/N-ethyl adjacent to an activating group) is 1. The van der Waals surface area contributed by atoms with Crippen LogP contribution in [0, 0.1) is 0 Å². The fraction of sp³-hybridized carbons (Fsp3) is 0.474. The van der Waals surface area contributed by atoms with Gasteiger partial charge in [-0.25, -0.2) is 0 Å². The summed E-state index contributed by atoms with van der Waals surface area (Å²) in [6, 6.07) is 7.32. The van der Waals surface area contributed by atoms with E-state index in [1.54, 1.807) is 0 Å². The maximum Gasteiger partial charge on any atom is 0.272 e. The smallest absolute Gasteiger partial charge is 0.272 e. The first kappa shape index (κ1) is 17.5. The lowest BCUT2D eigenvalue weighted by atomic mass is 9.99. The van der Waals surface area contributed by atoms with Crippen molar-refractivity contribution in [1.29, 1.82) is 0 Å². The number of H-pyrrole nitrogens is 1. The number of aryl methyl sites for hydroxylation is 1. The summed E-state index contributed by atoms with van der Waals surface area (Å²) in [4.78, 5) is 15.2. The minimum atomic E-state index is -0.253. The summed E-state index contributed by atoms with van der Waals surface area (Å²) < 4.78 is 5.99. The van der Waals surface area contributed by atoms with E-state index >= 15 is 0 Å². The standard InChI is InChI=1S/C19H23ClN4O2/c1-24-9-10-26-16(11-24)17(12-5-7-13(20)8-6-12)21-19(25)18-14-3-2-4-15(14)22-23-18/h5-8,16-17H,2-4,9-11H2,1H3,(H,21,25)(H,22,23). The number of benzene rings is 1. The summed E-state index contributed by atoms with van der Waals surface area (Å²) in [7, 11) is 2.07. The van der Waals surface area contributed by atoms with Crippen LogP contribution in [0.25, 0.3) is 0 Å². The minimum absolute atomic E-state index is 0.120. The van der Waals surface area contributed by atoms with Crippen molar-refractivity contribution in [3.63, 3.8) is 0 Å². The molecular formula is C19H23ClN4O2. The number of amides is 1. The third-order valence-corrected chi connectivity index (χ3v) is 5.46. The van der Waals surface area contributed by atoms with E-state index in [1.165, 1.54) is 0 Å². The van der Waals surface area contributed by atoms with Gasteiger partial charge in [-0.2, -0.15) is 5.10 Å². The second-order valence-electron chi connectivity index (χ2n) is 7.06. The van der Waals surface area contributed by atoms with Gasteiger partial charge in [-0.1, -0.05) is 23.7 Å². The average Bonchev–Trinajstić information content (AvgIpc) is 3.24. The van der Waals surface area contributed by atoms with E-state index in [9.17, 15) is 4.79 Å². The normalized spacial score (nSPS) is 21.4. The Bertz CT molecular complexity index is 789. The lowest BCUT2D eigenvalue weighted by Crippen LogP contribution is -2.48. The first-order valence-electron chi connectivity index (χ1n) is 9.04. The quantitative estimate of drug-likeness (QED) is 0.861. The van der Waals surface area contributed by atoms with Gasteiger partial charge in [-0.05, 0) is 44.0 Å². The van der Waals surface area contributed by atoms with Crippen LogP contribution >= 0.6 is 11.6 Å². The number of carbonyl (C=O) groups is 1. The predicted octanol–water partition coefficient (Wildman–Crippen LogP) is 2.35. The highest BCUT2D eigenvalue weighted by Crippen LogP contribution is 2.26. The van der Waals surface area contributed by atoms with Gasteiger partial charge >= 0.3 is 0 Å². The van der Waals surface area contributed by atoms with Crippen molar-refractivity contribution in [3.8, 4) is 0 Å². The molecule has 1 aromatic carbocycles. The van der Waals surface area contributed by atoms with Gasteiger partial charge in [0, 0.05) is 29.4 Å². The van der Waals surface area contributed by atoms with Crippen LogP contribution in [0.15, 0.2) is 24.3 Å². The number of fused-ring (bicyclic) bond motifs is 1. The topological polar surface area (TPSA) is 70.2 Å². The van der Waals surface area contributed by atoms with Crippen LogP contribution in [0.2, 0.25) is 5.02 Å². The van der Waals surface area contributed by atoms with Gasteiger partial charge in [-0.15, -0.1) is 0 Å².